The molecule has 0 saturated carbocycles. The molecule has 0 saturated heterocycles. The zero-order valence-corrected chi connectivity index (χ0v) is 63.8. The molecule has 85 heavy (non-hydrogen) atoms. The molecule has 488 valence electrons. The molecule has 0 aliphatic rings. The molecule has 3 unspecified atom stereocenters. The predicted molar refractivity (Wildman–Crippen MR) is 380 cm³/mol. The first-order valence-corrected chi connectivity index (χ1v) is 35.8. The summed E-state index contributed by atoms with van der Waals surface area (Å²) in [5, 5.41) is 0. The molecule has 0 aromatic heterocycles. The van der Waals surface area contributed by atoms with Crippen LogP contribution in [0.2, 0.25) is 0 Å². The third-order valence-electron chi connectivity index (χ3n) is 19.7. The first kappa shape index (κ1) is 77.2. The molecular weight excluding hydrogens is 1050 g/mol. The summed E-state index contributed by atoms with van der Waals surface area (Å²) in [6, 6.07) is 15.5. The van der Waals surface area contributed by atoms with Gasteiger partial charge in [0, 0.05) is 0 Å². The summed E-state index contributed by atoms with van der Waals surface area (Å²) in [7, 11) is -1.78. The summed E-state index contributed by atoms with van der Waals surface area (Å²) in [5.74, 6) is 0. The minimum absolute atomic E-state index is 0.0306. The van der Waals surface area contributed by atoms with Crippen LogP contribution in [0.3, 0.4) is 0 Å². The molecule has 0 N–H and O–H groups in total. The van der Waals surface area contributed by atoms with Gasteiger partial charge in [-0.25, -0.2) is 0 Å². The van der Waals surface area contributed by atoms with Crippen molar-refractivity contribution in [3.8, 4) is 0 Å². The van der Waals surface area contributed by atoms with Crippen molar-refractivity contribution in [1.29, 1.82) is 0 Å². The SMILES string of the molecule is CCCCC(CC)(COP(OCC(CC)(CCCC)Cc1c(C(C)(C)C)cc(C(C)(C)C)cc1C(C)(C)C)OCC(CC)(CCCC)Cc1c(C(C)(C)C)cc(C(C)(C)C)cc1C(C)(C)C)Cc1c(C(C)(C)C)cc(C(C)(C)C)cc1C(C)(C)C. The van der Waals surface area contributed by atoms with E-state index in [0.29, 0.717) is 19.8 Å². The zero-order chi connectivity index (χ0) is 65.6. The summed E-state index contributed by atoms with van der Waals surface area (Å²) in [6.45, 7) is 81.4. The monoisotopic (exact) mass is 1190 g/mol. The first-order valence-electron chi connectivity index (χ1n) is 34.7. The van der Waals surface area contributed by atoms with Crippen LogP contribution >= 0.6 is 8.60 Å². The molecule has 0 aliphatic carbocycles. The van der Waals surface area contributed by atoms with Crippen LogP contribution in [0.25, 0.3) is 0 Å². The molecule has 3 aromatic carbocycles. The van der Waals surface area contributed by atoms with Crippen LogP contribution in [0.4, 0.5) is 0 Å². The molecule has 0 spiro atoms. The van der Waals surface area contributed by atoms with E-state index in [4.69, 9.17) is 13.6 Å². The number of hydrogen-bond acceptors (Lipinski definition) is 3. The van der Waals surface area contributed by atoms with Crippen molar-refractivity contribution in [2.24, 2.45) is 16.2 Å². The van der Waals surface area contributed by atoms with Crippen LogP contribution < -0.4 is 0 Å². The topological polar surface area (TPSA) is 27.7 Å². The summed E-state index contributed by atoms with van der Waals surface area (Å²) < 4.78 is 23.2. The average molecular weight is 1190 g/mol. The Hall–Kier alpha value is -2.03. The summed E-state index contributed by atoms with van der Waals surface area (Å²) in [6.07, 6.45) is 16.1. The Bertz CT molecular complexity index is 2180. The van der Waals surface area contributed by atoms with Crippen molar-refractivity contribution in [3.05, 3.63) is 103 Å². The van der Waals surface area contributed by atoms with Crippen LogP contribution in [-0.2, 0) is 81.6 Å². The van der Waals surface area contributed by atoms with Gasteiger partial charge in [0.25, 0.3) is 0 Å². The van der Waals surface area contributed by atoms with Crippen LogP contribution in [0.1, 0.15) is 372 Å². The molecule has 0 radical (unpaired) electrons. The minimum Gasteiger partial charge on any atom is -0.312 e. The van der Waals surface area contributed by atoms with Crippen LogP contribution in [0.15, 0.2) is 36.4 Å². The number of unbranched alkanes of at least 4 members (excludes halogenated alkanes) is 3. The Kier molecular flexibility index (Phi) is 26.4. The molecule has 3 rings (SSSR count). The summed E-state index contributed by atoms with van der Waals surface area (Å²) in [5.41, 5.74) is 17.3. The fourth-order valence-electron chi connectivity index (χ4n) is 13.2. The second-order valence-corrected chi connectivity index (χ2v) is 38.1. The van der Waals surface area contributed by atoms with Gasteiger partial charge in [0.1, 0.15) is 0 Å². The van der Waals surface area contributed by atoms with Crippen molar-refractivity contribution in [3.63, 3.8) is 0 Å². The highest BCUT2D eigenvalue weighted by Gasteiger charge is 2.42. The fraction of sp³-hybridized carbons (Fsp3) is 0.778. The van der Waals surface area contributed by atoms with E-state index >= 15 is 0 Å². The third kappa shape index (κ3) is 21.3. The lowest BCUT2D eigenvalue weighted by molar-refractivity contribution is 0.0386. The van der Waals surface area contributed by atoms with Crippen LogP contribution in [-0.4, -0.2) is 19.8 Å². The second kappa shape index (κ2) is 29.1. The van der Waals surface area contributed by atoms with E-state index in [-0.39, 0.29) is 65.0 Å². The Labute approximate surface area is 532 Å². The molecule has 0 heterocycles. The third-order valence-corrected chi connectivity index (χ3v) is 20.7. The predicted octanol–water partition coefficient (Wildman–Crippen LogP) is 25.4. The van der Waals surface area contributed by atoms with Gasteiger partial charge in [-0.3, -0.25) is 0 Å². The molecule has 3 atom stereocenters. The first-order chi connectivity index (χ1) is 38.4. The smallest absolute Gasteiger partial charge is 0.312 e. The van der Waals surface area contributed by atoms with Gasteiger partial charge in [-0.05, 0) is 190 Å². The Morgan fingerprint density at radius 2 is 0.447 bits per heavy atom. The van der Waals surface area contributed by atoms with E-state index in [0.717, 1.165) is 96.3 Å². The maximum absolute atomic E-state index is 7.72. The normalized spacial score (nSPS) is 16.3. The maximum Gasteiger partial charge on any atom is 0.332 e. The number of hydrogen-bond donors (Lipinski definition) is 0. The van der Waals surface area contributed by atoms with Crippen molar-refractivity contribution in [1.82, 2.24) is 0 Å². The van der Waals surface area contributed by atoms with Gasteiger partial charge in [-0.15, -0.1) is 0 Å². The highest BCUT2D eigenvalue weighted by atomic mass is 31.2. The largest absolute Gasteiger partial charge is 0.332 e. The molecule has 0 fully saturated rings. The second-order valence-electron chi connectivity index (χ2n) is 36.8. The van der Waals surface area contributed by atoms with Gasteiger partial charge < -0.3 is 13.6 Å². The van der Waals surface area contributed by atoms with E-state index < -0.39 is 8.60 Å². The Morgan fingerprint density at radius 3 is 0.576 bits per heavy atom. The lowest BCUT2D eigenvalue weighted by atomic mass is 9.67. The van der Waals surface area contributed by atoms with Crippen molar-refractivity contribution in [2.45, 2.75) is 374 Å². The van der Waals surface area contributed by atoms with E-state index in [1.807, 2.05) is 0 Å². The van der Waals surface area contributed by atoms with Crippen molar-refractivity contribution in [2.75, 3.05) is 19.8 Å². The van der Waals surface area contributed by atoms with E-state index in [1.165, 1.54) is 66.8 Å². The van der Waals surface area contributed by atoms with E-state index in [1.54, 1.807) is 0 Å². The fourth-order valence-corrected chi connectivity index (χ4v) is 14.6. The lowest BCUT2D eigenvalue weighted by Gasteiger charge is -2.41. The standard InChI is InChI=1S/C81H141O3P/c1-34-40-43-79(37-4,52-61-64(73(16,17)18)46-58(70(7,8)9)47-65(61)74(19,20)21)55-82-85(83-56-80(38-5,44-41-35-2)53-62-66(75(22,23)24)48-59(71(10,11)12)49-67(62)76(25,26)27)84-57-81(39-6,45-42-36-3)54-63-68(77(28,29)30)50-60(72(13,14)15)51-69(63)78(31,32)33/h46-51H,34-45,52-57H2,1-33H3. The maximum atomic E-state index is 7.72. The van der Waals surface area contributed by atoms with Crippen LogP contribution in [0.5, 0.6) is 0 Å². The van der Waals surface area contributed by atoms with Crippen molar-refractivity contribution >= 4 is 8.60 Å². The minimum atomic E-state index is -1.78. The molecule has 4 heteroatoms. The molecule has 3 nitrogen and oxygen atoms in total. The average Bonchev–Trinajstić information content (AvgIpc) is 1.05. The number of benzene rings is 3. The Morgan fingerprint density at radius 1 is 0.271 bits per heavy atom. The molecule has 0 aliphatic heterocycles. The molecule has 3 aromatic rings. The summed E-state index contributed by atoms with van der Waals surface area (Å²) >= 11 is 0. The quantitative estimate of drug-likeness (QED) is 0.0712. The van der Waals surface area contributed by atoms with Crippen molar-refractivity contribution < 1.29 is 13.6 Å². The number of rotatable bonds is 27. The zero-order valence-electron chi connectivity index (χ0n) is 62.9. The molecule has 0 amide bonds. The lowest BCUT2D eigenvalue weighted by Crippen LogP contribution is -2.35. The highest BCUT2D eigenvalue weighted by molar-refractivity contribution is 7.41. The Balaban J connectivity index is 2.50. The van der Waals surface area contributed by atoms with Gasteiger partial charge >= 0.3 is 8.60 Å². The van der Waals surface area contributed by atoms with Crippen LogP contribution in [0, 0.1) is 16.2 Å². The van der Waals surface area contributed by atoms with E-state index in [2.05, 4.69) is 265 Å². The molecule has 0 bridgehead atoms. The highest BCUT2D eigenvalue weighted by Crippen LogP contribution is 2.53. The van der Waals surface area contributed by atoms with E-state index in [9.17, 15) is 0 Å². The molecular formula is C81H141O3P. The summed E-state index contributed by atoms with van der Waals surface area (Å²) in [4.78, 5) is 0. The van der Waals surface area contributed by atoms with Gasteiger partial charge in [-0.1, -0.05) is 303 Å². The van der Waals surface area contributed by atoms with Gasteiger partial charge in [0.15, 0.2) is 0 Å². The van der Waals surface area contributed by atoms with Gasteiger partial charge in [0.2, 0.25) is 0 Å². The van der Waals surface area contributed by atoms with Gasteiger partial charge in [0.05, 0.1) is 19.8 Å². The van der Waals surface area contributed by atoms with Gasteiger partial charge in [-0.2, -0.15) is 0 Å².